The molecule has 0 radical (unpaired) electrons. The van der Waals surface area contributed by atoms with E-state index >= 15 is 0 Å². The van der Waals surface area contributed by atoms with Gasteiger partial charge in [-0.15, -0.1) is 0 Å². The van der Waals surface area contributed by atoms with Gasteiger partial charge in [0.1, 0.15) is 9.79 Å². The second kappa shape index (κ2) is 7.34. The van der Waals surface area contributed by atoms with Crippen LogP contribution in [0.3, 0.4) is 0 Å². The highest BCUT2D eigenvalue weighted by atomic mass is 35.5. The number of hydrogen-bond acceptors (Lipinski definition) is 4. The molecule has 146 valence electrons. The Kier molecular flexibility index (Phi) is 5.44. The van der Waals surface area contributed by atoms with Gasteiger partial charge in [0.15, 0.2) is 11.6 Å². The number of hydrogen-bond donors (Lipinski definition) is 1. The van der Waals surface area contributed by atoms with Crippen LogP contribution in [0.15, 0.2) is 46.2 Å². The van der Waals surface area contributed by atoms with E-state index < -0.39 is 36.6 Å². The average molecular weight is 437 g/mol. The maximum atomic E-state index is 13.8. The summed E-state index contributed by atoms with van der Waals surface area (Å²) in [6.07, 6.45) is 1.45. The highest BCUT2D eigenvalue weighted by Gasteiger charge is 2.30. The zero-order valence-electron chi connectivity index (χ0n) is 13.8. The highest BCUT2D eigenvalue weighted by Crippen LogP contribution is 2.30. The lowest BCUT2D eigenvalue weighted by Crippen LogP contribution is -2.28. The summed E-state index contributed by atoms with van der Waals surface area (Å²) in [6.45, 7) is 0.701. The monoisotopic (exact) mass is 436 g/mol. The largest absolute Gasteiger partial charge is 0.279 e. The van der Waals surface area contributed by atoms with E-state index in [0.29, 0.717) is 13.1 Å². The van der Waals surface area contributed by atoms with Gasteiger partial charge in [-0.1, -0.05) is 17.7 Å². The standard InChI is InChI=1S/C16H15ClF2N2O4S2/c17-12-7-6-11(10-15(12)27(24,25)21-8-1-2-9-21)20-26(22,23)14-5-3-4-13(18)16(14)19/h3-7,10,20H,1-2,8-9H2. The van der Waals surface area contributed by atoms with E-state index in [1.54, 1.807) is 0 Å². The second-order valence-corrected chi connectivity index (χ2v) is 9.88. The quantitative estimate of drug-likeness (QED) is 0.780. The van der Waals surface area contributed by atoms with Gasteiger partial charge in [0.05, 0.1) is 10.7 Å². The number of rotatable bonds is 5. The number of anilines is 1. The van der Waals surface area contributed by atoms with E-state index in [0.717, 1.165) is 37.1 Å². The zero-order valence-corrected chi connectivity index (χ0v) is 16.2. The summed E-state index contributed by atoms with van der Waals surface area (Å²) in [6, 6.07) is 6.27. The van der Waals surface area contributed by atoms with Gasteiger partial charge < -0.3 is 0 Å². The Bertz CT molecular complexity index is 1090. The van der Waals surface area contributed by atoms with Crippen LogP contribution in [0, 0.1) is 11.6 Å². The molecule has 0 aromatic heterocycles. The molecule has 2 aromatic rings. The first-order valence-electron chi connectivity index (χ1n) is 7.89. The van der Waals surface area contributed by atoms with E-state index in [2.05, 4.69) is 4.72 Å². The number of sulfonamides is 2. The molecule has 27 heavy (non-hydrogen) atoms. The van der Waals surface area contributed by atoms with Crippen LogP contribution in [-0.4, -0.2) is 34.2 Å². The average Bonchev–Trinajstić information content (AvgIpc) is 3.14. The van der Waals surface area contributed by atoms with Crippen LogP contribution in [0.1, 0.15) is 12.8 Å². The first kappa shape index (κ1) is 20.0. The van der Waals surface area contributed by atoms with E-state index in [-0.39, 0.29) is 15.6 Å². The van der Waals surface area contributed by atoms with Crippen molar-refractivity contribution in [1.82, 2.24) is 4.31 Å². The third-order valence-corrected chi connectivity index (χ3v) is 7.85. The number of nitrogens with zero attached hydrogens (tertiary/aromatic N) is 1. The fourth-order valence-corrected chi connectivity index (χ4v) is 5.89. The molecule has 0 aliphatic carbocycles. The number of benzene rings is 2. The summed E-state index contributed by atoms with van der Waals surface area (Å²) in [5.41, 5.74) is -0.138. The minimum Gasteiger partial charge on any atom is -0.279 e. The Labute approximate surface area is 160 Å². The topological polar surface area (TPSA) is 83.5 Å². The Morgan fingerprint density at radius 1 is 0.963 bits per heavy atom. The van der Waals surface area contributed by atoms with Crippen molar-refractivity contribution in [2.75, 3.05) is 17.8 Å². The lowest BCUT2D eigenvalue weighted by Gasteiger charge is -2.17. The minimum absolute atomic E-state index is 0.0678. The number of halogens is 3. The molecule has 1 aliphatic heterocycles. The van der Waals surface area contributed by atoms with E-state index in [4.69, 9.17) is 11.6 Å². The van der Waals surface area contributed by atoms with Crippen LogP contribution < -0.4 is 4.72 Å². The molecular formula is C16H15ClF2N2O4S2. The molecule has 1 saturated heterocycles. The molecule has 1 N–H and O–H groups in total. The van der Waals surface area contributed by atoms with Crippen LogP contribution in [0.25, 0.3) is 0 Å². The van der Waals surface area contributed by atoms with Gasteiger partial charge in [-0.3, -0.25) is 4.72 Å². The third-order valence-electron chi connectivity index (χ3n) is 4.07. The smallest absolute Gasteiger partial charge is 0.264 e. The molecule has 11 heteroatoms. The Morgan fingerprint density at radius 3 is 2.30 bits per heavy atom. The van der Waals surface area contributed by atoms with E-state index in [9.17, 15) is 25.6 Å². The van der Waals surface area contributed by atoms with Crippen molar-refractivity contribution < 1.29 is 25.6 Å². The maximum Gasteiger partial charge on any atom is 0.264 e. The van der Waals surface area contributed by atoms with E-state index in [1.807, 2.05) is 0 Å². The molecule has 0 bridgehead atoms. The maximum absolute atomic E-state index is 13.8. The summed E-state index contributed by atoms with van der Waals surface area (Å²) in [5, 5.41) is -0.0678. The Morgan fingerprint density at radius 2 is 1.63 bits per heavy atom. The SMILES string of the molecule is O=S(=O)(Nc1ccc(Cl)c(S(=O)(=O)N2CCCC2)c1)c1cccc(F)c1F. The van der Waals surface area contributed by atoms with Gasteiger partial charge in [-0.05, 0) is 43.2 Å². The van der Waals surface area contributed by atoms with Gasteiger partial charge >= 0.3 is 0 Å². The molecule has 1 heterocycles. The van der Waals surface area contributed by atoms with Gasteiger partial charge in [0.25, 0.3) is 10.0 Å². The molecule has 0 spiro atoms. The highest BCUT2D eigenvalue weighted by molar-refractivity contribution is 7.92. The third kappa shape index (κ3) is 3.93. The number of nitrogens with one attached hydrogen (secondary N) is 1. The predicted octanol–water partition coefficient (Wildman–Crippen LogP) is 3.20. The van der Waals surface area contributed by atoms with Crippen molar-refractivity contribution >= 4 is 37.3 Å². The summed E-state index contributed by atoms with van der Waals surface area (Å²) in [4.78, 5) is -1.15. The molecule has 0 amide bonds. The zero-order chi connectivity index (χ0) is 19.8. The predicted molar refractivity (Wildman–Crippen MR) is 96.6 cm³/mol. The molecule has 0 atom stereocenters. The molecule has 0 unspecified atom stereocenters. The summed E-state index contributed by atoms with van der Waals surface area (Å²) in [5.74, 6) is -2.84. The molecule has 3 rings (SSSR count). The molecule has 1 aliphatic rings. The van der Waals surface area contributed by atoms with Gasteiger partial charge in [-0.2, -0.15) is 4.31 Å². The lowest BCUT2D eigenvalue weighted by molar-refractivity contribution is 0.477. The normalized spacial score (nSPS) is 15.8. The van der Waals surface area contributed by atoms with Gasteiger partial charge in [0.2, 0.25) is 10.0 Å². The fourth-order valence-electron chi connectivity index (χ4n) is 2.73. The molecule has 0 saturated carbocycles. The van der Waals surface area contributed by atoms with Crippen LogP contribution in [0.2, 0.25) is 5.02 Å². The van der Waals surface area contributed by atoms with Gasteiger partial charge in [-0.25, -0.2) is 25.6 Å². The summed E-state index contributed by atoms with van der Waals surface area (Å²) < 4.78 is 80.6. The van der Waals surface area contributed by atoms with Crippen molar-refractivity contribution in [3.8, 4) is 0 Å². The lowest BCUT2D eigenvalue weighted by atomic mass is 10.3. The first-order valence-corrected chi connectivity index (χ1v) is 11.2. The molecule has 6 nitrogen and oxygen atoms in total. The molecule has 2 aromatic carbocycles. The summed E-state index contributed by atoms with van der Waals surface area (Å²) in [7, 11) is -8.37. The fraction of sp³-hybridized carbons (Fsp3) is 0.250. The van der Waals surface area contributed by atoms with Crippen molar-refractivity contribution in [3.63, 3.8) is 0 Å². The minimum atomic E-state index is -4.48. The van der Waals surface area contributed by atoms with Crippen LogP contribution in [-0.2, 0) is 20.0 Å². The second-order valence-electron chi connectivity index (χ2n) is 5.91. The van der Waals surface area contributed by atoms with Crippen LogP contribution in [0.5, 0.6) is 0 Å². The summed E-state index contributed by atoms with van der Waals surface area (Å²) >= 11 is 6.00. The van der Waals surface area contributed by atoms with E-state index in [1.165, 1.54) is 16.4 Å². The van der Waals surface area contributed by atoms with Crippen LogP contribution in [0.4, 0.5) is 14.5 Å². The van der Waals surface area contributed by atoms with Gasteiger partial charge in [0, 0.05) is 13.1 Å². The Balaban J connectivity index is 1.98. The van der Waals surface area contributed by atoms with Crippen molar-refractivity contribution in [3.05, 3.63) is 53.1 Å². The molecule has 1 fully saturated rings. The van der Waals surface area contributed by atoms with Crippen molar-refractivity contribution in [1.29, 1.82) is 0 Å². The van der Waals surface area contributed by atoms with Crippen molar-refractivity contribution in [2.45, 2.75) is 22.6 Å². The molecular weight excluding hydrogens is 422 g/mol. The van der Waals surface area contributed by atoms with Crippen molar-refractivity contribution in [2.24, 2.45) is 0 Å². The Hall–Kier alpha value is -1.75. The first-order chi connectivity index (χ1) is 12.6. The van der Waals surface area contributed by atoms with Crippen LogP contribution >= 0.6 is 11.6 Å².